The van der Waals surface area contributed by atoms with Crippen molar-refractivity contribution in [2.24, 2.45) is 11.8 Å². The summed E-state index contributed by atoms with van der Waals surface area (Å²) in [6.45, 7) is 2.92. The normalized spacial score (nSPS) is 27.0. The molecular formula is C30H40FN5O3. The fraction of sp³-hybridized carbons (Fsp3) is 0.633. The number of halogens is 1. The Labute approximate surface area is 229 Å². The first-order valence-electron chi connectivity index (χ1n) is 14.7. The Balaban J connectivity index is 1.34. The predicted octanol–water partition coefficient (Wildman–Crippen LogP) is 3.29. The second-order valence-electron chi connectivity index (χ2n) is 12.1. The number of hydrogen-bond acceptors (Lipinski definition) is 4. The van der Waals surface area contributed by atoms with Crippen LogP contribution in [0.25, 0.3) is 10.9 Å². The van der Waals surface area contributed by atoms with Gasteiger partial charge in [-0.15, -0.1) is 0 Å². The van der Waals surface area contributed by atoms with Gasteiger partial charge in [0.05, 0.1) is 18.1 Å². The van der Waals surface area contributed by atoms with Gasteiger partial charge in [0.1, 0.15) is 11.9 Å². The Kier molecular flexibility index (Phi) is 7.12. The van der Waals surface area contributed by atoms with Gasteiger partial charge in [-0.25, -0.2) is 4.39 Å². The van der Waals surface area contributed by atoms with E-state index in [-0.39, 0.29) is 53.4 Å². The molecule has 2 aliphatic heterocycles. The average molecular weight is 538 g/mol. The van der Waals surface area contributed by atoms with Gasteiger partial charge in [0.2, 0.25) is 17.7 Å². The van der Waals surface area contributed by atoms with Gasteiger partial charge in [-0.05, 0) is 75.8 Å². The van der Waals surface area contributed by atoms with Crippen LogP contribution >= 0.6 is 0 Å². The summed E-state index contributed by atoms with van der Waals surface area (Å²) in [5, 5.41) is 7.04. The summed E-state index contributed by atoms with van der Waals surface area (Å²) in [7, 11) is 1.74. The van der Waals surface area contributed by atoms with E-state index in [1.54, 1.807) is 20.0 Å². The maximum absolute atomic E-state index is 14.4. The van der Waals surface area contributed by atoms with Crippen molar-refractivity contribution in [1.29, 1.82) is 0 Å². The van der Waals surface area contributed by atoms with E-state index < -0.39 is 12.1 Å². The second kappa shape index (κ2) is 10.6. The summed E-state index contributed by atoms with van der Waals surface area (Å²) in [5.74, 6) is -0.158. The van der Waals surface area contributed by atoms with Gasteiger partial charge in [-0.3, -0.25) is 14.4 Å². The summed E-state index contributed by atoms with van der Waals surface area (Å²) >= 11 is 0. The standard InChI is InChI=1S/C30H40FN5O3/c1-17(32-2)28(37)34-26(18-6-4-3-5-7-18)30(39)35-13-12-25-27(35)23(16-36(25)29(38)19-8-9-19)22-15-33-24-14-20(31)10-11-21(22)24/h10-11,14-15,17-19,23,25-27,32-33H,3-9,12-13,16H2,1-2H3,(H,34,37)/t17-,23+,25+,26-,27+/m0/s1. The van der Waals surface area contributed by atoms with E-state index in [0.717, 1.165) is 67.8 Å². The largest absolute Gasteiger partial charge is 0.361 e. The summed E-state index contributed by atoms with van der Waals surface area (Å²) in [4.78, 5) is 48.0. The van der Waals surface area contributed by atoms with Crippen LogP contribution in [-0.2, 0) is 14.4 Å². The van der Waals surface area contributed by atoms with E-state index in [2.05, 4.69) is 15.6 Å². The number of nitrogens with one attached hydrogen (secondary N) is 3. The highest BCUT2D eigenvalue weighted by atomic mass is 19.1. The van der Waals surface area contributed by atoms with Gasteiger partial charge < -0.3 is 25.4 Å². The molecule has 4 aliphatic rings. The number of benzene rings is 1. The van der Waals surface area contributed by atoms with E-state index in [1.165, 1.54) is 12.1 Å². The zero-order chi connectivity index (χ0) is 27.3. The molecule has 6 rings (SSSR count). The maximum atomic E-state index is 14.4. The summed E-state index contributed by atoms with van der Waals surface area (Å²) < 4.78 is 14.0. The van der Waals surface area contributed by atoms with Crippen LogP contribution in [-0.4, -0.2) is 76.8 Å². The highest BCUT2D eigenvalue weighted by Crippen LogP contribution is 2.46. The maximum Gasteiger partial charge on any atom is 0.245 e. The number of carbonyl (C=O) groups excluding carboxylic acids is 3. The van der Waals surface area contributed by atoms with Crippen molar-refractivity contribution in [2.45, 2.75) is 88.4 Å². The van der Waals surface area contributed by atoms with Gasteiger partial charge in [0, 0.05) is 42.0 Å². The number of likely N-dealkylation sites (N-methyl/N-ethyl adjacent to an activating group) is 1. The predicted molar refractivity (Wildman–Crippen MR) is 146 cm³/mol. The minimum absolute atomic E-state index is 0.0253. The van der Waals surface area contributed by atoms with Crippen LogP contribution < -0.4 is 10.6 Å². The van der Waals surface area contributed by atoms with Crippen LogP contribution in [0.3, 0.4) is 0 Å². The van der Waals surface area contributed by atoms with Crippen LogP contribution in [0.1, 0.15) is 69.8 Å². The van der Waals surface area contributed by atoms with Crippen molar-refractivity contribution in [2.75, 3.05) is 20.1 Å². The van der Waals surface area contributed by atoms with Crippen LogP contribution in [0.4, 0.5) is 4.39 Å². The third-order valence-corrected chi connectivity index (χ3v) is 9.71. The van der Waals surface area contributed by atoms with Gasteiger partial charge in [-0.1, -0.05) is 19.3 Å². The first-order chi connectivity index (χ1) is 18.9. The molecule has 3 heterocycles. The molecule has 2 aliphatic carbocycles. The number of likely N-dealkylation sites (tertiary alicyclic amines) is 2. The molecule has 210 valence electrons. The summed E-state index contributed by atoms with van der Waals surface area (Å²) in [6, 6.07) is 3.57. The molecule has 0 radical (unpaired) electrons. The molecule has 5 atom stereocenters. The Bertz CT molecular complexity index is 1250. The van der Waals surface area contributed by atoms with Crippen molar-refractivity contribution in [3.63, 3.8) is 0 Å². The molecule has 8 nitrogen and oxygen atoms in total. The SMILES string of the molecule is CN[C@@H](C)C(=O)N[C@H](C(=O)N1CC[C@@H]2[C@H]1[C@@H](c1c[nH]c3cc(F)ccc13)CN2C(=O)C1CC1)C1CCCCC1. The molecule has 2 saturated heterocycles. The Morgan fingerprint density at radius 3 is 2.54 bits per heavy atom. The van der Waals surface area contributed by atoms with Gasteiger partial charge in [-0.2, -0.15) is 0 Å². The number of nitrogens with zero attached hydrogens (tertiary/aromatic N) is 2. The topological polar surface area (TPSA) is 97.5 Å². The summed E-state index contributed by atoms with van der Waals surface area (Å²) in [5.41, 5.74) is 1.74. The smallest absolute Gasteiger partial charge is 0.245 e. The third kappa shape index (κ3) is 4.83. The minimum atomic E-state index is -0.571. The van der Waals surface area contributed by atoms with Crippen LogP contribution in [0.2, 0.25) is 0 Å². The lowest BCUT2D eigenvalue weighted by atomic mass is 9.82. The summed E-state index contributed by atoms with van der Waals surface area (Å²) in [6.07, 6.45) is 9.68. The van der Waals surface area contributed by atoms with Gasteiger partial charge in [0.15, 0.2) is 0 Å². The molecule has 4 fully saturated rings. The molecule has 9 heteroatoms. The lowest BCUT2D eigenvalue weighted by molar-refractivity contribution is -0.140. The lowest BCUT2D eigenvalue weighted by Crippen LogP contribution is -2.57. The average Bonchev–Trinajstić information content (AvgIpc) is 3.42. The highest BCUT2D eigenvalue weighted by Gasteiger charge is 2.55. The number of H-pyrrole nitrogens is 1. The third-order valence-electron chi connectivity index (χ3n) is 9.71. The van der Waals surface area contributed by atoms with E-state index in [9.17, 15) is 18.8 Å². The quantitative estimate of drug-likeness (QED) is 0.505. The van der Waals surface area contributed by atoms with Gasteiger partial charge in [0.25, 0.3) is 0 Å². The molecule has 3 N–H and O–H groups in total. The molecule has 1 aromatic heterocycles. The Morgan fingerprint density at radius 2 is 1.82 bits per heavy atom. The van der Waals surface area contributed by atoms with Crippen LogP contribution in [0.5, 0.6) is 0 Å². The number of fused-ring (bicyclic) bond motifs is 2. The number of rotatable bonds is 7. The van der Waals surface area contributed by atoms with E-state index in [4.69, 9.17) is 0 Å². The number of aromatic nitrogens is 1. The zero-order valence-corrected chi connectivity index (χ0v) is 22.9. The van der Waals surface area contributed by atoms with Crippen molar-refractivity contribution in [1.82, 2.24) is 25.4 Å². The fourth-order valence-corrected chi connectivity index (χ4v) is 7.30. The first-order valence-corrected chi connectivity index (χ1v) is 14.7. The van der Waals surface area contributed by atoms with Crippen molar-refractivity contribution in [3.05, 3.63) is 35.8 Å². The van der Waals surface area contributed by atoms with Crippen molar-refractivity contribution >= 4 is 28.6 Å². The van der Waals surface area contributed by atoms with Crippen molar-refractivity contribution < 1.29 is 18.8 Å². The number of aromatic amines is 1. The van der Waals surface area contributed by atoms with E-state index in [0.29, 0.717) is 13.1 Å². The van der Waals surface area contributed by atoms with Gasteiger partial charge >= 0.3 is 0 Å². The Morgan fingerprint density at radius 1 is 1.05 bits per heavy atom. The molecular weight excluding hydrogens is 497 g/mol. The molecule has 3 amide bonds. The molecule has 2 aromatic rings. The van der Waals surface area contributed by atoms with E-state index >= 15 is 0 Å². The molecule has 0 spiro atoms. The van der Waals surface area contributed by atoms with E-state index in [1.807, 2.05) is 16.0 Å². The van der Waals surface area contributed by atoms with Crippen molar-refractivity contribution in [3.8, 4) is 0 Å². The fourth-order valence-electron chi connectivity index (χ4n) is 7.30. The van der Waals surface area contributed by atoms with Crippen LogP contribution in [0, 0.1) is 17.7 Å². The minimum Gasteiger partial charge on any atom is -0.361 e. The molecule has 1 aromatic carbocycles. The number of carbonyl (C=O) groups is 3. The molecule has 0 bridgehead atoms. The second-order valence-corrected chi connectivity index (χ2v) is 12.1. The van der Waals surface area contributed by atoms with Crippen LogP contribution in [0.15, 0.2) is 24.4 Å². The molecule has 2 saturated carbocycles. The number of amides is 3. The molecule has 39 heavy (non-hydrogen) atoms. The first kappa shape index (κ1) is 26.3. The number of hydrogen-bond donors (Lipinski definition) is 3. The monoisotopic (exact) mass is 537 g/mol. The lowest BCUT2D eigenvalue weighted by Gasteiger charge is -2.36. The highest BCUT2D eigenvalue weighted by molar-refractivity contribution is 5.91. The zero-order valence-electron chi connectivity index (χ0n) is 22.9. The Hall–Kier alpha value is -2.94. The molecule has 0 unspecified atom stereocenters.